The summed E-state index contributed by atoms with van der Waals surface area (Å²) in [5.74, 6) is -5.25. The minimum absolute atomic E-state index is 0.275. The summed E-state index contributed by atoms with van der Waals surface area (Å²) in [5, 5.41) is 110. The highest BCUT2D eigenvalue weighted by molar-refractivity contribution is 5.88. The third-order valence-corrected chi connectivity index (χ3v) is 6.89. The largest absolute Gasteiger partial charge is 0.508 e. The van der Waals surface area contributed by atoms with Crippen LogP contribution in [0.25, 0.3) is 22.3 Å². The van der Waals surface area contributed by atoms with E-state index in [1.165, 1.54) is 0 Å². The first-order valence-corrected chi connectivity index (χ1v) is 13.1. The Bertz CT molecular complexity index is 1500. The molecule has 1 saturated heterocycles. The maximum atomic E-state index is 13.5. The van der Waals surface area contributed by atoms with Gasteiger partial charge in [-0.15, -0.1) is 0 Å². The van der Waals surface area contributed by atoms with Gasteiger partial charge in [-0.1, -0.05) is 0 Å². The van der Waals surface area contributed by atoms with Crippen LogP contribution in [0, 0.1) is 0 Å². The maximum absolute atomic E-state index is 13.5. The molecule has 1 aromatic heterocycles. The zero-order chi connectivity index (χ0) is 32.5. The van der Waals surface area contributed by atoms with Crippen LogP contribution in [0.5, 0.6) is 34.5 Å². The van der Waals surface area contributed by atoms with E-state index in [0.717, 1.165) is 31.2 Å². The number of aromatic hydroxyl groups is 5. The molecule has 17 heteroatoms. The van der Waals surface area contributed by atoms with Crippen molar-refractivity contribution in [1.29, 1.82) is 0 Å². The molecule has 44 heavy (non-hydrogen) atoms. The molecule has 4 rings (SSSR count). The number of ether oxygens (including phenoxy) is 2. The Morgan fingerprint density at radius 2 is 1.61 bits per heavy atom. The van der Waals surface area contributed by atoms with Gasteiger partial charge in [0.15, 0.2) is 35.4 Å². The molecule has 0 spiro atoms. The molecule has 1 aliphatic rings. The summed E-state index contributed by atoms with van der Waals surface area (Å²) in [5.41, 5.74) is -1.78. The van der Waals surface area contributed by atoms with Gasteiger partial charge in [-0.2, -0.15) is 4.89 Å². The van der Waals surface area contributed by atoms with Crippen molar-refractivity contribution < 1.29 is 79.8 Å². The molecular weight excluding hydrogens is 596 g/mol. The van der Waals surface area contributed by atoms with Crippen LogP contribution >= 0.6 is 0 Å². The first-order valence-electron chi connectivity index (χ1n) is 13.1. The zero-order valence-corrected chi connectivity index (χ0v) is 22.9. The molecule has 0 bridgehead atoms. The van der Waals surface area contributed by atoms with Crippen LogP contribution in [0.1, 0.15) is 13.3 Å². The molecule has 17 nitrogen and oxygen atoms in total. The molecule has 3 aromatic rings. The Morgan fingerprint density at radius 1 is 0.955 bits per heavy atom. The first kappa shape index (κ1) is 33.0. The smallest absolute Gasteiger partial charge is 0.256 e. The van der Waals surface area contributed by atoms with E-state index in [-0.39, 0.29) is 17.6 Å². The van der Waals surface area contributed by atoms with Crippen molar-refractivity contribution in [2.75, 3.05) is 13.2 Å². The first-order chi connectivity index (χ1) is 20.8. The summed E-state index contributed by atoms with van der Waals surface area (Å²) < 4.78 is 16.6. The number of rotatable bonds is 11. The van der Waals surface area contributed by atoms with Gasteiger partial charge in [0.05, 0.1) is 25.4 Å². The Morgan fingerprint density at radius 3 is 2.20 bits per heavy atom. The lowest BCUT2D eigenvalue weighted by Crippen LogP contribution is -2.55. The number of aliphatic hydroxyl groups excluding tert-OH is 6. The molecule has 0 amide bonds. The number of phenols is 5. The molecule has 0 radical (unpaired) electrons. The fourth-order valence-corrected chi connectivity index (χ4v) is 4.54. The fourth-order valence-electron chi connectivity index (χ4n) is 4.54. The second-order valence-corrected chi connectivity index (χ2v) is 10.1. The predicted octanol–water partition coefficient (Wildman–Crippen LogP) is -1.38. The average molecular weight is 629 g/mol. The summed E-state index contributed by atoms with van der Waals surface area (Å²) in [6.07, 6.45) is -12.8. The quantitative estimate of drug-likeness (QED) is 0.0662. The van der Waals surface area contributed by atoms with Crippen LogP contribution in [-0.2, 0) is 14.4 Å². The van der Waals surface area contributed by atoms with E-state index in [1.807, 2.05) is 0 Å². The number of phenolic OH excluding ortho intramolecular Hbond substituents is 5. The van der Waals surface area contributed by atoms with Crippen LogP contribution in [-0.4, -0.2) is 118 Å². The Kier molecular flexibility index (Phi) is 10.0. The van der Waals surface area contributed by atoms with Gasteiger partial charge in [0.1, 0.15) is 46.9 Å². The van der Waals surface area contributed by atoms with Gasteiger partial charge in [0.2, 0.25) is 5.43 Å². The maximum Gasteiger partial charge on any atom is 0.256 e. The van der Waals surface area contributed by atoms with Crippen molar-refractivity contribution in [3.05, 3.63) is 34.5 Å². The molecule has 242 valence electrons. The monoisotopic (exact) mass is 628 g/mol. The van der Waals surface area contributed by atoms with E-state index in [2.05, 4.69) is 0 Å². The number of fused-ring (bicyclic) bond motifs is 1. The second-order valence-electron chi connectivity index (χ2n) is 10.1. The average Bonchev–Trinajstić information content (AvgIpc) is 2.96. The number of hydrogen-bond donors (Lipinski definition) is 11. The van der Waals surface area contributed by atoms with Crippen molar-refractivity contribution >= 4 is 11.0 Å². The summed E-state index contributed by atoms with van der Waals surface area (Å²) in [6, 6.07) is 3.54. The van der Waals surface area contributed by atoms with Crippen molar-refractivity contribution in [2.24, 2.45) is 0 Å². The highest BCUT2D eigenvalue weighted by Gasteiger charge is 2.43. The van der Waals surface area contributed by atoms with Crippen molar-refractivity contribution in [3.8, 4) is 45.8 Å². The highest BCUT2D eigenvalue weighted by atomic mass is 17.2. The summed E-state index contributed by atoms with van der Waals surface area (Å²) in [6.45, 7) is -0.516. The number of aliphatic hydroxyl groups is 6. The Labute approximate surface area is 247 Å². The normalized spacial score (nSPS) is 23.2. The van der Waals surface area contributed by atoms with E-state index in [1.54, 1.807) is 0 Å². The van der Waals surface area contributed by atoms with Gasteiger partial charge in [0, 0.05) is 24.1 Å². The van der Waals surface area contributed by atoms with Crippen LogP contribution in [0.15, 0.2) is 33.5 Å². The van der Waals surface area contributed by atoms with Gasteiger partial charge in [-0.25, -0.2) is 0 Å². The minimum Gasteiger partial charge on any atom is -0.508 e. The SMILES string of the molecule is C[C@H](O)[C@@H](O)[C@H](O[C@@H]1O[C@H](CO)[C@H](O)C[C@H]1O)[C@@H](CO)OOc1c(-c2cc(O)c(O)c(O)c2)oc2cc(O)cc(O)c2c1=O. The third-order valence-electron chi connectivity index (χ3n) is 6.89. The van der Waals surface area contributed by atoms with Crippen LogP contribution < -0.4 is 10.3 Å². The molecule has 1 fully saturated rings. The molecule has 0 unspecified atom stereocenters. The van der Waals surface area contributed by atoms with Gasteiger partial charge in [-0.3, -0.25) is 4.79 Å². The van der Waals surface area contributed by atoms with Crippen molar-refractivity contribution in [3.63, 3.8) is 0 Å². The van der Waals surface area contributed by atoms with Crippen LogP contribution in [0.3, 0.4) is 0 Å². The van der Waals surface area contributed by atoms with E-state index >= 15 is 0 Å². The lowest BCUT2D eigenvalue weighted by molar-refractivity contribution is -0.337. The van der Waals surface area contributed by atoms with Gasteiger partial charge < -0.3 is 75.0 Å². The van der Waals surface area contributed by atoms with E-state index in [0.29, 0.717) is 0 Å². The molecule has 1 aliphatic heterocycles. The third kappa shape index (κ3) is 6.60. The predicted molar refractivity (Wildman–Crippen MR) is 144 cm³/mol. The van der Waals surface area contributed by atoms with Gasteiger partial charge in [0.25, 0.3) is 5.75 Å². The van der Waals surface area contributed by atoms with Gasteiger partial charge >= 0.3 is 0 Å². The minimum atomic E-state index is -1.85. The van der Waals surface area contributed by atoms with Crippen molar-refractivity contribution in [2.45, 2.75) is 62.4 Å². The molecule has 2 aromatic carbocycles. The van der Waals surface area contributed by atoms with Crippen molar-refractivity contribution in [1.82, 2.24) is 0 Å². The van der Waals surface area contributed by atoms with E-state index in [9.17, 15) is 61.0 Å². The Hall–Kier alpha value is -3.91. The molecule has 2 heterocycles. The lowest BCUT2D eigenvalue weighted by Gasteiger charge is -2.40. The number of hydrogen-bond acceptors (Lipinski definition) is 17. The molecular formula is C27H32O17. The summed E-state index contributed by atoms with van der Waals surface area (Å²) in [7, 11) is 0. The summed E-state index contributed by atoms with van der Waals surface area (Å²) >= 11 is 0. The van der Waals surface area contributed by atoms with E-state index < -0.39 is 113 Å². The molecule has 0 aliphatic carbocycles. The molecule has 8 atom stereocenters. The van der Waals surface area contributed by atoms with Crippen LogP contribution in [0.2, 0.25) is 0 Å². The van der Waals surface area contributed by atoms with Crippen LogP contribution in [0.4, 0.5) is 0 Å². The fraction of sp³-hybridized carbons (Fsp3) is 0.444. The summed E-state index contributed by atoms with van der Waals surface area (Å²) in [4.78, 5) is 24.0. The lowest BCUT2D eigenvalue weighted by atomic mass is 10.0. The second kappa shape index (κ2) is 13.4. The molecule has 0 saturated carbocycles. The standard InChI is InChI=1S/C27H32O17/c1-9(30)21(37)25(42-27-16(36)6-12(32)18(7-28)41-27)19(8-29)43-44-26-23(39)20-13(33)4-11(31)5-17(20)40-24(26)10-2-14(34)22(38)15(35)3-10/h2-5,9,12,16,18-19,21,25,27-38H,6-8H2,1H3/t9-,12+,16+,18+,19+,21+,25+,27-/m0/s1. The Balaban J connectivity index is 1.75. The highest BCUT2D eigenvalue weighted by Crippen LogP contribution is 2.42. The molecule has 11 N–H and O–H groups in total. The topological polar surface area (TPSA) is 290 Å². The van der Waals surface area contributed by atoms with E-state index in [4.69, 9.17) is 23.7 Å². The number of benzene rings is 2. The zero-order valence-electron chi connectivity index (χ0n) is 22.9. The van der Waals surface area contributed by atoms with Gasteiger partial charge in [-0.05, 0) is 19.1 Å².